The Balaban J connectivity index is 1.21. The van der Waals surface area contributed by atoms with Gasteiger partial charge in [0.15, 0.2) is 17.2 Å². The van der Waals surface area contributed by atoms with Crippen LogP contribution < -0.4 is 10.1 Å². The third kappa shape index (κ3) is 3.86. The highest BCUT2D eigenvalue weighted by Crippen LogP contribution is 2.47. The van der Waals surface area contributed by atoms with Crippen LogP contribution in [0.2, 0.25) is 0 Å². The second-order valence-electron chi connectivity index (χ2n) is 8.38. The minimum atomic E-state index is -0.182. The van der Waals surface area contributed by atoms with Crippen molar-refractivity contribution in [2.45, 2.75) is 57.4 Å². The van der Waals surface area contributed by atoms with Crippen LogP contribution in [0.25, 0.3) is 11.1 Å². The van der Waals surface area contributed by atoms with Gasteiger partial charge in [0, 0.05) is 30.9 Å². The zero-order chi connectivity index (χ0) is 20.0. The van der Waals surface area contributed by atoms with Crippen molar-refractivity contribution in [1.29, 1.82) is 0 Å². The summed E-state index contributed by atoms with van der Waals surface area (Å²) in [7, 11) is 0. The molecular formula is C22H25N3O4. The Labute approximate surface area is 168 Å². The quantitative estimate of drug-likeness (QED) is 0.635. The minimum absolute atomic E-state index is 0.0868. The number of oxazole rings is 1. The number of hydrogen-bond acceptors (Lipinski definition) is 6. The fraction of sp³-hybridized carbons (Fsp3) is 0.500. The van der Waals surface area contributed by atoms with Crippen molar-refractivity contribution in [3.05, 3.63) is 41.6 Å². The zero-order valence-corrected chi connectivity index (χ0v) is 16.7. The maximum atomic E-state index is 11.2. The van der Waals surface area contributed by atoms with E-state index in [0.29, 0.717) is 11.7 Å². The molecule has 1 N–H and O–H groups in total. The van der Waals surface area contributed by atoms with Crippen LogP contribution in [0.1, 0.15) is 74.8 Å². The first-order chi connectivity index (χ1) is 14.0. The third-order valence-electron chi connectivity index (χ3n) is 5.86. The van der Waals surface area contributed by atoms with E-state index >= 15 is 0 Å². The summed E-state index contributed by atoms with van der Waals surface area (Å²) in [5.41, 5.74) is 2.58. The molecule has 0 saturated heterocycles. The van der Waals surface area contributed by atoms with E-state index in [1.165, 1.54) is 19.8 Å². The minimum Gasteiger partial charge on any atom is -0.493 e. The Hall–Kier alpha value is -2.83. The van der Waals surface area contributed by atoms with Gasteiger partial charge < -0.3 is 19.0 Å². The Morgan fingerprint density at radius 2 is 2.10 bits per heavy atom. The number of nitrogens with zero attached hydrogens (tertiary/aromatic N) is 2. The van der Waals surface area contributed by atoms with Gasteiger partial charge in [-0.1, -0.05) is 5.16 Å². The smallest absolute Gasteiger partial charge is 0.217 e. The average Bonchev–Trinajstić information content (AvgIpc) is 3.18. The molecule has 2 heterocycles. The molecule has 2 fully saturated rings. The molecule has 2 aromatic heterocycles. The topological polar surface area (TPSA) is 90.4 Å². The predicted molar refractivity (Wildman–Crippen MR) is 106 cm³/mol. The summed E-state index contributed by atoms with van der Waals surface area (Å²) in [4.78, 5) is 15.9. The summed E-state index contributed by atoms with van der Waals surface area (Å²) in [6.07, 6.45) is 4.41. The first-order valence-electron chi connectivity index (χ1n) is 10.3. The standard InChI is InChI=1S/C22H25N3O4/c1-12(23-13(2)26)20-10-19(25-29-20)15-7-16(8-15)22-24-18-6-5-17(9-21(18)28-22)27-11-14-3-4-14/h5-6,9-10,12,14-16H,3-4,7-8,11H2,1-2H3,(H,23,26)/t12-,15?,16?/m0/s1. The van der Waals surface area contributed by atoms with Crippen molar-refractivity contribution in [3.63, 3.8) is 0 Å². The summed E-state index contributed by atoms with van der Waals surface area (Å²) in [6.45, 7) is 4.17. The van der Waals surface area contributed by atoms with Gasteiger partial charge in [-0.3, -0.25) is 4.79 Å². The van der Waals surface area contributed by atoms with Crippen molar-refractivity contribution < 1.29 is 18.5 Å². The van der Waals surface area contributed by atoms with Crippen LogP contribution in [0.3, 0.4) is 0 Å². The Morgan fingerprint density at radius 3 is 2.86 bits per heavy atom. The highest BCUT2D eigenvalue weighted by Gasteiger charge is 2.37. The van der Waals surface area contributed by atoms with Crippen molar-refractivity contribution in [1.82, 2.24) is 15.5 Å². The maximum absolute atomic E-state index is 11.2. The van der Waals surface area contributed by atoms with E-state index in [1.807, 2.05) is 31.2 Å². The highest BCUT2D eigenvalue weighted by atomic mass is 16.5. The molecule has 2 aliphatic rings. The van der Waals surface area contributed by atoms with Crippen LogP contribution in [0.5, 0.6) is 5.75 Å². The molecule has 1 amide bonds. The van der Waals surface area contributed by atoms with E-state index in [-0.39, 0.29) is 17.9 Å². The Bertz CT molecular complexity index is 1030. The number of ether oxygens (including phenoxy) is 1. The largest absolute Gasteiger partial charge is 0.493 e. The third-order valence-corrected chi connectivity index (χ3v) is 5.86. The first-order valence-corrected chi connectivity index (χ1v) is 10.3. The molecular weight excluding hydrogens is 370 g/mol. The Kier molecular flexibility index (Phi) is 4.53. The Morgan fingerprint density at radius 1 is 1.28 bits per heavy atom. The van der Waals surface area contributed by atoms with Crippen molar-refractivity contribution in [2.24, 2.45) is 5.92 Å². The number of rotatable bonds is 7. The molecule has 0 unspecified atom stereocenters. The molecule has 2 saturated carbocycles. The summed E-state index contributed by atoms with van der Waals surface area (Å²) in [5, 5.41) is 7.01. The molecule has 152 valence electrons. The average molecular weight is 395 g/mol. The molecule has 7 nitrogen and oxygen atoms in total. The number of nitrogens with one attached hydrogen (secondary N) is 1. The van der Waals surface area contributed by atoms with Crippen LogP contribution in [-0.4, -0.2) is 22.7 Å². The van der Waals surface area contributed by atoms with E-state index in [4.69, 9.17) is 13.7 Å². The van der Waals surface area contributed by atoms with Crippen molar-refractivity contribution in [2.75, 3.05) is 6.61 Å². The van der Waals surface area contributed by atoms with E-state index in [9.17, 15) is 4.79 Å². The van der Waals surface area contributed by atoms with Crippen LogP contribution in [0.4, 0.5) is 0 Å². The number of amides is 1. The molecule has 1 aromatic carbocycles. The van der Waals surface area contributed by atoms with Gasteiger partial charge in [0.2, 0.25) is 5.91 Å². The number of hydrogen-bond donors (Lipinski definition) is 1. The second-order valence-corrected chi connectivity index (χ2v) is 8.38. The molecule has 2 aliphatic carbocycles. The summed E-state index contributed by atoms with van der Waals surface area (Å²) in [6, 6.07) is 7.63. The molecule has 1 atom stereocenters. The number of carbonyl (C=O) groups excluding carboxylic acids is 1. The number of aromatic nitrogens is 2. The molecule has 0 bridgehead atoms. The number of fused-ring (bicyclic) bond motifs is 1. The predicted octanol–water partition coefficient (Wildman–Crippen LogP) is 4.46. The lowest BCUT2D eigenvalue weighted by Crippen LogP contribution is -2.23. The van der Waals surface area contributed by atoms with Crippen molar-refractivity contribution in [3.8, 4) is 5.75 Å². The lowest BCUT2D eigenvalue weighted by Gasteiger charge is -2.31. The molecule has 7 heteroatoms. The monoisotopic (exact) mass is 395 g/mol. The second kappa shape index (κ2) is 7.21. The van der Waals surface area contributed by atoms with E-state index in [0.717, 1.165) is 53.8 Å². The summed E-state index contributed by atoms with van der Waals surface area (Å²) >= 11 is 0. The van der Waals surface area contributed by atoms with Crippen molar-refractivity contribution >= 4 is 17.0 Å². The van der Waals surface area contributed by atoms with Gasteiger partial charge in [0.05, 0.1) is 18.3 Å². The van der Waals surface area contributed by atoms with Gasteiger partial charge in [0.1, 0.15) is 11.3 Å². The normalized spacial score (nSPS) is 22.3. The van der Waals surface area contributed by atoms with Gasteiger partial charge in [0.25, 0.3) is 0 Å². The fourth-order valence-corrected chi connectivity index (χ4v) is 3.82. The SMILES string of the molecule is CC(=O)N[C@@H](C)c1cc(C2CC(c3nc4ccc(OCC5CC5)cc4o3)C2)no1. The van der Waals surface area contributed by atoms with Crippen LogP contribution in [-0.2, 0) is 4.79 Å². The van der Waals surface area contributed by atoms with Gasteiger partial charge in [-0.25, -0.2) is 4.98 Å². The lowest BCUT2D eigenvalue weighted by atomic mass is 9.73. The van der Waals surface area contributed by atoms with Gasteiger partial charge >= 0.3 is 0 Å². The van der Waals surface area contributed by atoms with Gasteiger partial charge in [-0.05, 0) is 50.7 Å². The molecule has 0 spiro atoms. The first kappa shape index (κ1) is 18.2. The molecule has 0 radical (unpaired) electrons. The molecule has 3 aromatic rings. The van der Waals surface area contributed by atoms with Crippen LogP contribution in [0.15, 0.2) is 33.2 Å². The van der Waals surface area contributed by atoms with E-state index in [2.05, 4.69) is 15.5 Å². The molecule has 29 heavy (non-hydrogen) atoms. The zero-order valence-electron chi connectivity index (χ0n) is 16.7. The number of benzene rings is 1. The van der Waals surface area contributed by atoms with Gasteiger partial charge in [-0.2, -0.15) is 0 Å². The fourth-order valence-electron chi connectivity index (χ4n) is 3.82. The summed E-state index contributed by atoms with van der Waals surface area (Å²) in [5.74, 6) is 3.56. The summed E-state index contributed by atoms with van der Waals surface area (Å²) < 4.78 is 17.3. The van der Waals surface area contributed by atoms with E-state index in [1.54, 1.807) is 0 Å². The molecule has 0 aliphatic heterocycles. The molecule has 5 rings (SSSR count). The van der Waals surface area contributed by atoms with Crippen LogP contribution >= 0.6 is 0 Å². The van der Waals surface area contributed by atoms with E-state index < -0.39 is 0 Å². The van der Waals surface area contributed by atoms with Gasteiger partial charge in [-0.15, -0.1) is 0 Å². The van der Waals surface area contributed by atoms with Crippen LogP contribution in [0, 0.1) is 5.92 Å². The highest BCUT2D eigenvalue weighted by molar-refractivity contribution is 5.74. The lowest BCUT2D eigenvalue weighted by molar-refractivity contribution is -0.119. The number of carbonyl (C=O) groups is 1. The maximum Gasteiger partial charge on any atom is 0.217 e.